The van der Waals surface area contributed by atoms with E-state index < -0.39 is 11.9 Å². The van der Waals surface area contributed by atoms with E-state index in [1.807, 2.05) is 0 Å². The van der Waals surface area contributed by atoms with E-state index in [0.29, 0.717) is 16.8 Å². The Morgan fingerprint density at radius 2 is 1.90 bits per heavy atom. The SMILES string of the molecule is CC(=O)c1c[nH]c(C(=O)Nc2ccc(C)c(C(=O)O)c2)c1. The van der Waals surface area contributed by atoms with Gasteiger partial charge in [-0.15, -0.1) is 0 Å². The molecule has 0 saturated heterocycles. The topological polar surface area (TPSA) is 99.3 Å². The fraction of sp³-hybridized carbons (Fsp3) is 0.133. The number of carbonyl (C=O) groups excluding carboxylic acids is 2. The van der Waals surface area contributed by atoms with E-state index in [1.54, 1.807) is 19.1 Å². The number of amides is 1. The normalized spacial score (nSPS) is 10.2. The first-order valence-electron chi connectivity index (χ1n) is 6.23. The minimum Gasteiger partial charge on any atom is -0.478 e. The Morgan fingerprint density at radius 1 is 1.19 bits per heavy atom. The molecule has 0 aliphatic carbocycles. The molecule has 0 saturated carbocycles. The van der Waals surface area contributed by atoms with Crippen molar-refractivity contribution in [3.63, 3.8) is 0 Å². The van der Waals surface area contributed by atoms with Crippen LogP contribution in [0, 0.1) is 6.92 Å². The summed E-state index contributed by atoms with van der Waals surface area (Å²) >= 11 is 0. The highest BCUT2D eigenvalue weighted by molar-refractivity contribution is 6.05. The maximum absolute atomic E-state index is 12.0. The molecule has 0 spiro atoms. The number of Topliss-reactive ketones (excluding diaryl/α,β-unsaturated/α-hetero) is 1. The fourth-order valence-electron chi connectivity index (χ4n) is 1.86. The molecule has 0 aliphatic heterocycles. The smallest absolute Gasteiger partial charge is 0.336 e. The number of nitrogens with one attached hydrogen (secondary N) is 2. The lowest BCUT2D eigenvalue weighted by molar-refractivity contribution is 0.0695. The fourth-order valence-corrected chi connectivity index (χ4v) is 1.86. The van der Waals surface area contributed by atoms with Crippen molar-refractivity contribution in [2.45, 2.75) is 13.8 Å². The van der Waals surface area contributed by atoms with Crippen molar-refractivity contribution in [3.05, 3.63) is 52.8 Å². The van der Waals surface area contributed by atoms with Crippen LogP contribution < -0.4 is 5.32 Å². The van der Waals surface area contributed by atoms with Crippen molar-refractivity contribution in [1.82, 2.24) is 4.98 Å². The Bertz CT molecular complexity index is 731. The number of hydrogen-bond acceptors (Lipinski definition) is 3. The van der Waals surface area contributed by atoms with E-state index in [4.69, 9.17) is 5.11 Å². The summed E-state index contributed by atoms with van der Waals surface area (Å²) in [6.07, 6.45) is 1.45. The Kier molecular flexibility index (Phi) is 3.89. The van der Waals surface area contributed by atoms with Crippen molar-refractivity contribution < 1.29 is 19.5 Å². The van der Waals surface area contributed by atoms with Crippen LogP contribution in [0.4, 0.5) is 5.69 Å². The van der Waals surface area contributed by atoms with Gasteiger partial charge in [-0.1, -0.05) is 6.07 Å². The van der Waals surface area contributed by atoms with Crippen LogP contribution in [0.25, 0.3) is 0 Å². The van der Waals surface area contributed by atoms with Gasteiger partial charge in [0.1, 0.15) is 5.69 Å². The van der Waals surface area contributed by atoms with E-state index in [-0.39, 0.29) is 17.0 Å². The van der Waals surface area contributed by atoms with Gasteiger partial charge in [0.2, 0.25) is 0 Å². The molecule has 0 fully saturated rings. The van der Waals surface area contributed by atoms with Crippen LogP contribution in [-0.4, -0.2) is 27.8 Å². The van der Waals surface area contributed by atoms with Crippen LogP contribution in [0.3, 0.4) is 0 Å². The Morgan fingerprint density at radius 3 is 2.48 bits per heavy atom. The molecule has 0 aliphatic rings. The third-order valence-corrected chi connectivity index (χ3v) is 3.06. The molecule has 0 atom stereocenters. The second-order valence-corrected chi connectivity index (χ2v) is 4.65. The average Bonchev–Trinajstić information content (AvgIpc) is 2.90. The zero-order valence-corrected chi connectivity index (χ0v) is 11.6. The summed E-state index contributed by atoms with van der Waals surface area (Å²) in [5.41, 5.74) is 1.76. The molecule has 0 radical (unpaired) electrons. The molecule has 6 heteroatoms. The molecule has 108 valence electrons. The minimum atomic E-state index is -1.05. The van der Waals surface area contributed by atoms with Crippen molar-refractivity contribution in [1.29, 1.82) is 0 Å². The number of benzene rings is 1. The second-order valence-electron chi connectivity index (χ2n) is 4.65. The molecule has 0 unspecified atom stereocenters. The highest BCUT2D eigenvalue weighted by atomic mass is 16.4. The van der Waals surface area contributed by atoms with Crippen LogP contribution in [-0.2, 0) is 0 Å². The summed E-state index contributed by atoms with van der Waals surface area (Å²) < 4.78 is 0. The lowest BCUT2D eigenvalue weighted by atomic mass is 10.1. The Labute approximate surface area is 120 Å². The number of aromatic amines is 1. The number of anilines is 1. The number of aromatic carboxylic acids is 1. The Balaban J connectivity index is 2.21. The standard InChI is InChI=1S/C15H14N2O4/c1-8-3-4-11(6-12(8)15(20)21)17-14(19)13-5-10(7-16-13)9(2)18/h3-7,16H,1-2H3,(H,17,19)(H,20,21). The molecule has 1 aromatic heterocycles. The molecular weight excluding hydrogens is 272 g/mol. The third kappa shape index (κ3) is 3.17. The van der Waals surface area contributed by atoms with Crippen LogP contribution in [0.5, 0.6) is 0 Å². The van der Waals surface area contributed by atoms with Crippen LogP contribution in [0.15, 0.2) is 30.5 Å². The number of ketones is 1. The van der Waals surface area contributed by atoms with Gasteiger partial charge in [0.15, 0.2) is 5.78 Å². The van der Waals surface area contributed by atoms with Crippen molar-refractivity contribution in [2.24, 2.45) is 0 Å². The third-order valence-electron chi connectivity index (χ3n) is 3.06. The number of carboxylic acid groups (broad SMARTS) is 1. The molecule has 2 aromatic rings. The first-order valence-corrected chi connectivity index (χ1v) is 6.23. The van der Waals surface area contributed by atoms with E-state index in [9.17, 15) is 14.4 Å². The van der Waals surface area contributed by atoms with Gasteiger partial charge < -0.3 is 15.4 Å². The number of carbonyl (C=O) groups is 3. The molecule has 1 heterocycles. The summed E-state index contributed by atoms with van der Waals surface area (Å²) in [5, 5.41) is 11.6. The van der Waals surface area contributed by atoms with Gasteiger partial charge in [0.25, 0.3) is 5.91 Å². The minimum absolute atomic E-state index is 0.128. The molecule has 1 aromatic carbocycles. The van der Waals surface area contributed by atoms with Gasteiger partial charge in [-0.2, -0.15) is 0 Å². The van der Waals surface area contributed by atoms with Gasteiger partial charge in [-0.3, -0.25) is 9.59 Å². The zero-order chi connectivity index (χ0) is 15.6. The van der Waals surface area contributed by atoms with Gasteiger partial charge in [0, 0.05) is 17.4 Å². The maximum atomic E-state index is 12.0. The van der Waals surface area contributed by atoms with Crippen molar-refractivity contribution in [2.75, 3.05) is 5.32 Å². The number of rotatable bonds is 4. The van der Waals surface area contributed by atoms with Gasteiger partial charge in [-0.05, 0) is 37.6 Å². The largest absolute Gasteiger partial charge is 0.478 e. The van der Waals surface area contributed by atoms with E-state index in [1.165, 1.54) is 25.3 Å². The first-order chi connectivity index (χ1) is 9.88. The number of hydrogen-bond donors (Lipinski definition) is 3. The zero-order valence-electron chi connectivity index (χ0n) is 11.6. The highest BCUT2D eigenvalue weighted by Crippen LogP contribution is 2.16. The van der Waals surface area contributed by atoms with Gasteiger partial charge in [0.05, 0.1) is 5.56 Å². The summed E-state index contributed by atoms with van der Waals surface area (Å²) in [6, 6.07) is 6.08. The average molecular weight is 286 g/mol. The molecule has 0 bridgehead atoms. The number of carboxylic acids is 1. The summed E-state index contributed by atoms with van der Waals surface area (Å²) in [4.78, 5) is 37.0. The van der Waals surface area contributed by atoms with Crippen LogP contribution in [0.2, 0.25) is 0 Å². The van der Waals surface area contributed by atoms with E-state index in [2.05, 4.69) is 10.3 Å². The summed E-state index contributed by atoms with van der Waals surface area (Å²) in [6.45, 7) is 3.09. The van der Waals surface area contributed by atoms with Crippen LogP contribution >= 0.6 is 0 Å². The summed E-state index contributed by atoms with van der Waals surface area (Å²) in [7, 11) is 0. The molecule has 21 heavy (non-hydrogen) atoms. The predicted octanol–water partition coefficient (Wildman–Crippen LogP) is 2.48. The van der Waals surface area contributed by atoms with E-state index >= 15 is 0 Å². The lowest BCUT2D eigenvalue weighted by Crippen LogP contribution is -2.13. The number of aromatic nitrogens is 1. The van der Waals surface area contributed by atoms with Gasteiger partial charge >= 0.3 is 5.97 Å². The summed E-state index contributed by atoms with van der Waals surface area (Å²) in [5.74, 6) is -1.64. The molecule has 1 amide bonds. The second kappa shape index (κ2) is 5.62. The number of H-pyrrole nitrogens is 1. The molecule has 2 rings (SSSR count). The van der Waals surface area contributed by atoms with Crippen molar-refractivity contribution >= 4 is 23.3 Å². The quantitative estimate of drug-likeness (QED) is 0.752. The lowest BCUT2D eigenvalue weighted by Gasteiger charge is -2.07. The monoisotopic (exact) mass is 286 g/mol. The Hall–Kier alpha value is -2.89. The van der Waals surface area contributed by atoms with E-state index in [0.717, 1.165) is 0 Å². The highest BCUT2D eigenvalue weighted by Gasteiger charge is 2.13. The van der Waals surface area contributed by atoms with Crippen molar-refractivity contribution in [3.8, 4) is 0 Å². The molecular formula is C15H14N2O4. The molecule has 6 nitrogen and oxygen atoms in total. The molecule has 3 N–H and O–H groups in total. The predicted molar refractivity (Wildman–Crippen MR) is 76.9 cm³/mol. The maximum Gasteiger partial charge on any atom is 0.336 e. The van der Waals surface area contributed by atoms with Crippen LogP contribution in [0.1, 0.15) is 43.7 Å². The van der Waals surface area contributed by atoms with Gasteiger partial charge in [-0.25, -0.2) is 4.79 Å². The first kappa shape index (κ1) is 14.5. The number of aryl methyl sites for hydroxylation is 1.